The molecular formula is C26H21N7S. The number of hydrogen-bond acceptors (Lipinski definition) is 6. The summed E-state index contributed by atoms with van der Waals surface area (Å²) in [5.41, 5.74) is 5.92. The lowest BCUT2D eigenvalue weighted by atomic mass is 10.1. The first kappa shape index (κ1) is 21.6. The first-order valence-corrected chi connectivity index (χ1v) is 11.8. The Kier molecular flexibility index (Phi) is 6.19. The molecule has 0 saturated heterocycles. The van der Waals surface area contributed by atoms with Crippen molar-refractivity contribution >= 4 is 11.8 Å². The van der Waals surface area contributed by atoms with Crippen molar-refractivity contribution in [2.24, 2.45) is 0 Å². The van der Waals surface area contributed by atoms with Crippen molar-refractivity contribution in [3.63, 3.8) is 0 Å². The van der Waals surface area contributed by atoms with E-state index in [1.807, 2.05) is 41.2 Å². The lowest BCUT2D eigenvalue weighted by Gasteiger charge is -2.10. The van der Waals surface area contributed by atoms with Crippen LogP contribution in [0.25, 0.3) is 17.1 Å². The maximum absolute atomic E-state index is 9.05. The molecule has 0 amide bonds. The lowest BCUT2D eigenvalue weighted by Crippen LogP contribution is -2.05. The number of thioether (sulfide) groups is 1. The van der Waals surface area contributed by atoms with Gasteiger partial charge in [0.2, 0.25) is 0 Å². The molecule has 0 fully saturated rings. The summed E-state index contributed by atoms with van der Waals surface area (Å²) >= 11 is 1.71. The van der Waals surface area contributed by atoms with E-state index in [0.29, 0.717) is 17.9 Å². The van der Waals surface area contributed by atoms with E-state index in [0.717, 1.165) is 27.6 Å². The molecule has 0 unspecified atom stereocenters. The van der Waals surface area contributed by atoms with E-state index < -0.39 is 0 Å². The molecule has 0 aliphatic heterocycles. The monoisotopic (exact) mass is 463 g/mol. The SMILES string of the molecule is Cc1ccc(-n2ncc(-c3nnnn3Cc3ccc(C#N)cc3)c2SCc2ccccc2)cc1. The predicted octanol–water partition coefficient (Wildman–Crippen LogP) is 5.05. The van der Waals surface area contributed by atoms with Crippen molar-refractivity contribution in [2.45, 2.75) is 24.2 Å². The number of hydrogen-bond donors (Lipinski definition) is 0. The van der Waals surface area contributed by atoms with Crippen LogP contribution in [0, 0.1) is 18.3 Å². The molecule has 5 rings (SSSR count). The quantitative estimate of drug-likeness (QED) is 0.314. The predicted molar refractivity (Wildman–Crippen MR) is 131 cm³/mol. The molecular weight excluding hydrogens is 442 g/mol. The fourth-order valence-corrected chi connectivity index (χ4v) is 4.66. The molecule has 8 heteroatoms. The molecule has 7 nitrogen and oxygen atoms in total. The Hall–Kier alpha value is -4.22. The van der Waals surface area contributed by atoms with Gasteiger partial charge in [-0.1, -0.05) is 60.2 Å². The fraction of sp³-hybridized carbons (Fsp3) is 0.115. The number of tetrazole rings is 1. The van der Waals surface area contributed by atoms with Gasteiger partial charge in [0.1, 0.15) is 5.03 Å². The molecule has 0 saturated carbocycles. The third-order valence-electron chi connectivity index (χ3n) is 5.41. The number of aromatic nitrogens is 6. The van der Waals surface area contributed by atoms with E-state index >= 15 is 0 Å². The Balaban J connectivity index is 1.51. The van der Waals surface area contributed by atoms with E-state index in [1.54, 1.807) is 28.6 Å². The third-order valence-corrected chi connectivity index (χ3v) is 6.55. The summed E-state index contributed by atoms with van der Waals surface area (Å²) in [4.78, 5) is 0. The molecule has 0 aliphatic rings. The topological polar surface area (TPSA) is 85.2 Å². The summed E-state index contributed by atoms with van der Waals surface area (Å²) in [5.74, 6) is 1.45. The van der Waals surface area contributed by atoms with Crippen molar-refractivity contribution < 1.29 is 0 Å². The van der Waals surface area contributed by atoms with Gasteiger partial charge in [-0.25, -0.2) is 9.36 Å². The number of rotatable bonds is 7. The number of nitrogens with zero attached hydrogens (tertiary/aromatic N) is 7. The van der Waals surface area contributed by atoms with Gasteiger partial charge in [-0.3, -0.25) is 0 Å². The second-order valence-corrected chi connectivity index (χ2v) is 8.82. The summed E-state index contributed by atoms with van der Waals surface area (Å²) in [5, 5.41) is 27.2. The summed E-state index contributed by atoms with van der Waals surface area (Å²) in [6, 6.07) is 28.2. The summed E-state index contributed by atoms with van der Waals surface area (Å²) in [6.45, 7) is 2.56. The molecule has 0 bridgehead atoms. The van der Waals surface area contributed by atoms with Crippen molar-refractivity contribution in [3.05, 3.63) is 107 Å². The Labute approximate surface area is 201 Å². The molecule has 0 spiro atoms. The minimum Gasteiger partial charge on any atom is -0.226 e. The maximum Gasteiger partial charge on any atom is 0.186 e. The van der Waals surface area contributed by atoms with Crippen molar-refractivity contribution in [3.8, 4) is 23.1 Å². The average molecular weight is 464 g/mol. The summed E-state index contributed by atoms with van der Waals surface area (Å²) < 4.78 is 3.72. The second-order valence-electron chi connectivity index (χ2n) is 7.85. The normalized spacial score (nSPS) is 10.8. The van der Waals surface area contributed by atoms with E-state index in [4.69, 9.17) is 10.4 Å². The van der Waals surface area contributed by atoms with Gasteiger partial charge in [-0.05, 0) is 52.7 Å². The summed E-state index contributed by atoms with van der Waals surface area (Å²) in [7, 11) is 0. The highest BCUT2D eigenvalue weighted by Crippen LogP contribution is 2.34. The number of nitriles is 1. The molecule has 2 aromatic heterocycles. The van der Waals surface area contributed by atoms with Gasteiger partial charge in [0.15, 0.2) is 5.82 Å². The smallest absolute Gasteiger partial charge is 0.186 e. The van der Waals surface area contributed by atoms with E-state index in [9.17, 15) is 0 Å². The first-order valence-electron chi connectivity index (χ1n) is 10.8. The average Bonchev–Trinajstić information content (AvgIpc) is 3.51. The molecule has 3 aromatic carbocycles. The Morgan fingerprint density at radius 3 is 2.41 bits per heavy atom. The Bertz CT molecular complexity index is 1430. The maximum atomic E-state index is 9.05. The fourth-order valence-electron chi connectivity index (χ4n) is 3.59. The zero-order chi connectivity index (χ0) is 23.3. The second kappa shape index (κ2) is 9.73. The van der Waals surface area contributed by atoms with Crippen LogP contribution in [0.4, 0.5) is 0 Å². The largest absolute Gasteiger partial charge is 0.226 e. The zero-order valence-corrected chi connectivity index (χ0v) is 19.4. The summed E-state index contributed by atoms with van der Waals surface area (Å²) in [6.07, 6.45) is 1.83. The molecule has 0 atom stereocenters. The van der Waals surface area contributed by atoms with Crippen LogP contribution in [-0.2, 0) is 12.3 Å². The van der Waals surface area contributed by atoms with Crippen LogP contribution >= 0.6 is 11.8 Å². The van der Waals surface area contributed by atoms with Crippen LogP contribution in [-0.4, -0.2) is 30.0 Å². The number of aryl methyl sites for hydroxylation is 1. The number of benzene rings is 3. The van der Waals surface area contributed by atoms with Crippen LogP contribution < -0.4 is 0 Å². The highest BCUT2D eigenvalue weighted by Gasteiger charge is 2.20. The molecule has 0 radical (unpaired) electrons. The van der Waals surface area contributed by atoms with Crippen molar-refractivity contribution in [1.82, 2.24) is 30.0 Å². The van der Waals surface area contributed by atoms with Crippen LogP contribution in [0.5, 0.6) is 0 Å². The van der Waals surface area contributed by atoms with Crippen molar-refractivity contribution in [1.29, 1.82) is 5.26 Å². The molecule has 166 valence electrons. The van der Waals surface area contributed by atoms with Crippen LogP contribution in [0.2, 0.25) is 0 Å². The standard InChI is InChI=1S/C26H21N7S/c1-19-7-13-23(14-8-19)33-26(34-18-22-5-3-2-4-6-22)24(16-28-33)25-29-30-31-32(25)17-21-11-9-20(15-27)10-12-21/h2-14,16H,17-18H2,1H3. The molecule has 0 aliphatic carbocycles. The van der Waals surface area contributed by atoms with E-state index in [-0.39, 0.29) is 0 Å². The van der Waals surface area contributed by atoms with Gasteiger partial charge >= 0.3 is 0 Å². The third kappa shape index (κ3) is 4.60. The van der Waals surface area contributed by atoms with Crippen molar-refractivity contribution in [2.75, 3.05) is 0 Å². The first-order chi connectivity index (χ1) is 16.7. The van der Waals surface area contributed by atoms with Gasteiger partial charge in [0.25, 0.3) is 0 Å². The zero-order valence-electron chi connectivity index (χ0n) is 18.5. The lowest BCUT2D eigenvalue weighted by molar-refractivity contribution is 0.652. The van der Waals surface area contributed by atoms with Gasteiger partial charge in [0, 0.05) is 5.75 Å². The molecule has 34 heavy (non-hydrogen) atoms. The van der Waals surface area contributed by atoms with Gasteiger partial charge in [0.05, 0.1) is 35.6 Å². The van der Waals surface area contributed by atoms with Gasteiger partial charge in [-0.2, -0.15) is 10.4 Å². The minimum atomic E-state index is 0.493. The van der Waals surface area contributed by atoms with Gasteiger partial charge < -0.3 is 0 Å². The van der Waals surface area contributed by atoms with E-state index in [2.05, 4.69) is 64.9 Å². The highest BCUT2D eigenvalue weighted by molar-refractivity contribution is 7.98. The molecule has 0 N–H and O–H groups in total. The van der Waals surface area contributed by atoms with Crippen LogP contribution in [0.1, 0.15) is 22.3 Å². The molecule has 2 heterocycles. The Morgan fingerprint density at radius 2 is 1.68 bits per heavy atom. The van der Waals surface area contributed by atoms with Crippen LogP contribution in [0.15, 0.2) is 90.1 Å². The van der Waals surface area contributed by atoms with E-state index in [1.165, 1.54) is 11.1 Å². The van der Waals surface area contributed by atoms with Crippen LogP contribution in [0.3, 0.4) is 0 Å². The minimum absolute atomic E-state index is 0.493. The van der Waals surface area contributed by atoms with Gasteiger partial charge in [-0.15, -0.1) is 16.9 Å². The molecule has 5 aromatic rings. The Morgan fingerprint density at radius 1 is 0.912 bits per heavy atom. The highest BCUT2D eigenvalue weighted by atomic mass is 32.2.